The summed E-state index contributed by atoms with van der Waals surface area (Å²) >= 11 is 0. The Labute approximate surface area is 112 Å². The smallest absolute Gasteiger partial charge is 0.226 e. The number of anilines is 1. The molecule has 0 spiro atoms. The summed E-state index contributed by atoms with van der Waals surface area (Å²) < 4.78 is 11.0. The number of nitrogens with two attached hydrogens (primary N) is 1. The molecule has 1 aromatic heterocycles. The highest BCUT2D eigenvalue weighted by Crippen LogP contribution is 2.21. The largest absolute Gasteiger partial charge is 0.397 e. The predicted molar refractivity (Wildman–Crippen MR) is 70.3 cm³/mol. The minimum absolute atomic E-state index is 0.0921. The van der Waals surface area contributed by atoms with E-state index in [-0.39, 0.29) is 18.4 Å². The zero-order valence-electron chi connectivity index (χ0n) is 11.2. The van der Waals surface area contributed by atoms with Crippen LogP contribution in [0.4, 0.5) is 5.69 Å². The van der Waals surface area contributed by atoms with Crippen LogP contribution in [-0.2, 0) is 20.7 Å². The van der Waals surface area contributed by atoms with Gasteiger partial charge in [-0.1, -0.05) is 0 Å². The summed E-state index contributed by atoms with van der Waals surface area (Å²) in [5.74, 6) is -0.654. The fourth-order valence-corrected chi connectivity index (χ4v) is 1.86. The van der Waals surface area contributed by atoms with Crippen LogP contribution >= 0.6 is 0 Å². The van der Waals surface area contributed by atoms with Crippen LogP contribution in [0.1, 0.15) is 19.5 Å². The minimum atomic E-state index is -0.562. The zero-order chi connectivity index (χ0) is 13.9. The first kappa shape index (κ1) is 13.8. The normalized spacial score (nSPS) is 21.3. The first-order chi connectivity index (χ1) is 8.94. The summed E-state index contributed by atoms with van der Waals surface area (Å²) in [5.41, 5.74) is 6.81. The van der Waals surface area contributed by atoms with Crippen LogP contribution in [0.5, 0.6) is 0 Å². The average molecular weight is 265 g/mol. The fourth-order valence-electron chi connectivity index (χ4n) is 1.86. The van der Waals surface area contributed by atoms with Gasteiger partial charge in [-0.05, 0) is 26.0 Å². The Morgan fingerprint density at radius 1 is 1.58 bits per heavy atom. The Hall–Kier alpha value is -1.66. The highest BCUT2D eigenvalue weighted by molar-refractivity contribution is 5.78. The molecule has 1 aliphatic heterocycles. The standard InChI is InChI=1S/C13H19N3O3/c1-13(2)18-8-11(19-13)7-16-12(17)5-10-4-3-9(14)6-15-10/h3-4,6,11H,5,7-8,14H2,1-2H3,(H,16,17). The number of hydrogen-bond donors (Lipinski definition) is 2. The Balaban J connectivity index is 1.75. The lowest BCUT2D eigenvalue weighted by Gasteiger charge is -2.17. The third-order valence-electron chi connectivity index (χ3n) is 2.78. The molecule has 1 unspecified atom stereocenters. The summed E-state index contributed by atoms with van der Waals surface area (Å²) in [6.07, 6.45) is 1.68. The van der Waals surface area contributed by atoms with E-state index in [1.165, 1.54) is 0 Å². The zero-order valence-corrected chi connectivity index (χ0v) is 11.2. The van der Waals surface area contributed by atoms with E-state index < -0.39 is 5.79 Å². The highest BCUT2D eigenvalue weighted by Gasteiger charge is 2.32. The summed E-state index contributed by atoms with van der Waals surface area (Å²) in [6.45, 7) is 4.64. The third-order valence-corrected chi connectivity index (χ3v) is 2.78. The van der Waals surface area contributed by atoms with E-state index in [9.17, 15) is 4.79 Å². The first-order valence-electron chi connectivity index (χ1n) is 6.23. The van der Waals surface area contributed by atoms with Crippen molar-refractivity contribution in [3.63, 3.8) is 0 Å². The van der Waals surface area contributed by atoms with Crippen LogP contribution < -0.4 is 11.1 Å². The molecule has 1 amide bonds. The van der Waals surface area contributed by atoms with Crippen LogP contribution in [0.15, 0.2) is 18.3 Å². The molecule has 1 saturated heterocycles. The first-order valence-corrected chi connectivity index (χ1v) is 6.23. The maximum Gasteiger partial charge on any atom is 0.226 e. The SMILES string of the molecule is CC1(C)OCC(CNC(=O)Cc2ccc(N)cn2)O1. The summed E-state index contributed by atoms with van der Waals surface area (Å²) in [4.78, 5) is 15.8. The van der Waals surface area contributed by atoms with Crippen molar-refractivity contribution in [3.8, 4) is 0 Å². The van der Waals surface area contributed by atoms with Crippen LogP contribution in [-0.4, -0.2) is 35.9 Å². The molecule has 6 heteroatoms. The number of rotatable bonds is 4. The molecule has 0 aliphatic carbocycles. The lowest BCUT2D eigenvalue weighted by molar-refractivity contribution is -0.139. The van der Waals surface area contributed by atoms with E-state index in [1.54, 1.807) is 18.3 Å². The van der Waals surface area contributed by atoms with Crippen molar-refractivity contribution >= 4 is 11.6 Å². The second kappa shape index (κ2) is 5.54. The van der Waals surface area contributed by atoms with Crippen molar-refractivity contribution in [2.45, 2.75) is 32.2 Å². The van der Waals surface area contributed by atoms with E-state index in [1.807, 2.05) is 13.8 Å². The van der Waals surface area contributed by atoms with Crippen molar-refractivity contribution in [3.05, 3.63) is 24.0 Å². The number of carbonyl (C=O) groups is 1. The molecule has 2 heterocycles. The molecule has 19 heavy (non-hydrogen) atoms. The molecule has 104 valence electrons. The Morgan fingerprint density at radius 2 is 2.37 bits per heavy atom. The van der Waals surface area contributed by atoms with Gasteiger partial charge < -0.3 is 20.5 Å². The van der Waals surface area contributed by atoms with Gasteiger partial charge in [0.1, 0.15) is 6.10 Å². The molecule has 1 fully saturated rings. The van der Waals surface area contributed by atoms with Gasteiger partial charge in [0.2, 0.25) is 5.91 Å². The molecule has 0 aromatic carbocycles. The van der Waals surface area contributed by atoms with Gasteiger partial charge in [-0.15, -0.1) is 0 Å². The Morgan fingerprint density at radius 3 is 2.95 bits per heavy atom. The minimum Gasteiger partial charge on any atom is -0.397 e. The Bertz CT molecular complexity index is 445. The lowest BCUT2D eigenvalue weighted by Crippen LogP contribution is -2.35. The number of amides is 1. The van der Waals surface area contributed by atoms with Gasteiger partial charge in [-0.2, -0.15) is 0 Å². The number of nitrogens with one attached hydrogen (secondary N) is 1. The second-order valence-corrected chi connectivity index (χ2v) is 5.01. The number of ether oxygens (including phenoxy) is 2. The molecule has 1 aromatic rings. The molecule has 3 N–H and O–H groups in total. The van der Waals surface area contributed by atoms with Gasteiger partial charge in [0, 0.05) is 12.2 Å². The maximum atomic E-state index is 11.7. The number of nitrogens with zero attached hydrogens (tertiary/aromatic N) is 1. The molecular formula is C13H19N3O3. The van der Waals surface area contributed by atoms with E-state index in [4.69, 9.17) is 15.2 Å². The van der Waals surface area contributed by atoms with Crippen LogP contribution in [0.25, 0.3) is 0 Å². The van der Waals surface area contributed by atoms with Gasteiger partial charge in [0.25, 0.3) is 0 Å². The van der Waals surface area contributed by atoms with Crippen molar-refractivity contribution in [1.29, 1.82) is 0 Å². The van der Waals surface area contributed by atoms with Gasteiger partial charge in [0.15, 0.2) is 5.79 Å². The van der Waals surface area contributed by atoms with Crippen molar-refractivity contribution < 1.29 is 14.3 Å². The molecule has 0 bridgehead atoms. The monoisotopic (exact) mass is 265 g/mol. The van der Waals surface area contributed by atoms with Crippen molar-refractivity contribution in [2.24, 2.45) is 0 Å². The molecule has 0 radical (unpaired) electrons. The van der Waals surface area contributed by atoms with Crippen molar-refractivity contribution in [2.75, 3.05) is 18.9 Å². The Kier molecular flexibility index (Phi) is 4.01. The number of nitrogen functional groups attached to an aromatic ring is 1. The topological polar surface area (TPSA) is 86.5 Å². The molecule has 6 nitrogen and oxygen atoms in total. The lowest BCUT2D eigenvalue weighted by atomic mass is 10.2. The summed E-state index contributed by atoms with van der Waals surface area (Å²) in [5, 5.41) is 2.81. The van der Waals surface area contributed by atoms with Crippen LogP contribution in [0.2, 0.25) is 0 Å². The molecule has 2 rings (SSSR count). The van der Waals surface area contributed by atoms with E-state index >= 15 is 0 Å². The van der Waals surface area contributed by atoms with Crippen LogP contribution in [0, 0.1) is 0 Å². The highest BCUT2D eigenvalue weighted by atomic mass is 16.7. The van der Waals surface area contributed by atoms with Crippen molar-refractivity contribution in [1.82, 2.24) is 10.3 Å². The van der Waals surface area contributed by atoms with E-state index in [0.717, 1.165) is 0 Å². The van der Waals surface area contributed by atoms with Gasteiger partial charge in [0.05, 0.1) is 24.9 Å². The van der Waals surface area contributed by atoms with E-state index in [2.05, 4.69) is 10.3 Å². The van der Waals surface area contributed by atoms with E-state index in [0.29, 0.717) is 24.5 Å². The second-order valence-electron chi connectivity index (χ2n) is 5.01. The summed E-state index contributed by atoms with van der Waals surface area (Å²) in [6, 6.07) is 3.47. The molecule has 1 atom stereocenters. The fraction of sp³-hybridized carbons (Fsp3) is 0.538. The number of pyridine rings is 1. The molecule has 1 aliphatic rings. The average Bonchev–Trinajstić information content (AvgIpc) is 2.69. The van der Waals surface area contributed by atoms with Gasteiger partial charge in [-0.25, -0.2) is 0 Å². The number of carbonyl (C=O) groups excluding carboxylic acids is 1. The van der Waals surface area contributed by atoms with Gasteiger partial charge >= 0.3 is 0 Å². The predicted octanol–water partition coefficient (Wildman–Crippen LogP) is 0.474. The number of aromatic nitrogens is 1. The molecular weight excluding hydrogens is 246 g/mol. The van der Waals surface area contributed by atoms with Gasteiger partial charge in [-0.3, -0.25) is 9.78 Å². The maximum absolute atomic E-state index is 11.7. The quantitative estimate of drug-likeness (QED) is 0.826. The number of hydrogen-bond acceptors (Lipinski definition) is 5. The van der Waals surface area contributed by atoms with Crippen LogP contribution in [0.3, 0.4) is 0 Å². The molecule has 0 saturated carbocycles. The summed E-state index contributed by atoms with van der Waals surface area (Å²) in [7, 11) is 0. The third kappa shape index (κ3) is 4.18.